The average molecular weight is 392 g/mol. The molecule has 1 aliphatic heterocycles. The highest BCUT2D eigenvalue weighted by atomic mass is 16.3. The number of hydrogen-bond donors (Lipinski definition) is 1. The minimum atomic E-state index is -0.151. The zero-order valence-corrected chi connectivity index (χ0v) is 16.8. The number of nitrogens with one attached hydrogen (secondary N) is 1. The topological polar surface area (TPSA) is 102 Å². The standard InChI is InChI=1S/C18H28N6O4/c1-21(2)15(25)12-19-18(20-13-16(26)22(3)4)24-9-7-23(8-10-24)17(27)14-6-5-11-28-14/h5-6,11H,7-10,12-13H2,1-4H3,(H,19,20). The predicted octanol–water partition coefficient (Wildman–Crippen LogP) is -0.841. The minimum absolute atomic E-state index is 0.0168. The lowest BCUT2D eigenvalue weighted by atomic mass is 10.3. The van der Waals surface area contributed by atoms with Crippen LogP contribution in [0.3, 0.4) is 0 Å². The van der Waals surface area contributed by atoms with Gasteiger partial charge in [0.1, 0.15) is 6.54 Å². The van der Waals surface area contributed by atoms with Crippen molar-refractivity contribution in [2.75, 3.05) is 67.5 Å². The third kappa shape index (κ3) is 5.73. The summed E-state index contributed by atoms with van der Waals surface area (Å²) in [7, 11) is 6.68. The van der Waals surface area contributed by atoms with Gasteiger partial charge in [0.25, 0.3) is 5.91 Å². The second-order valence-electron chi connectivity index (χ2n) is 6.83. The largest absolute Gasteiger partial charge is 0.459 e. The summed E-state index contributed by atoms with van der Waals surface area (Å²) in [6.45, 7) is 2.10. The zero-order valence-electron chi connectivity index (χ0n) is 16.8. The number of furan rings is 1. The normalized spacial score (nSPS) is 14.6. The Hall–Kier alpha value is -3.04. The molecule has 1 saturated heterocycles. The van der Waals surface area contributed by atoms with Crippen molar-refractivity contribution in [3.63, 3.8) is 0 Å². The van der Waals surface area contributed by atoms with Gasteiger partial charge in [-0.1, -0.05) is 0 Å². The lowest BCUT2D eigenvalue weighted by molar-refractivity contribution is -0.127. The Morgan fingerprint density at radius 3 is 2.18 bits per heavy atom. The highest BCUT2D eigenvalue weighted by molar-refractivity contribution is 5.92. The fraction of sp³-hybridized carbons (Fsp3) is 0.556. The van der Waals surface area contributed by atoms with Crippen LogP contribution < -0.4 is 5.32 Å². The summed E-state index contributed by atoms with van der Waals surface area (Å²) in [4.78, 5) is 47.1. The van der Waals surface area contributed by atoms with Crippen molar-refractivity contribution in [3.8, 4) is 0 Å². The van der Waals surface area contributed by atoms with Crippen LogP contribution in [0.25, 0.3) is 0 Å². The molecule has 0 atom stereocenters. The number of hydrogen-bond acceptors (Lipinski definition) is 5. The van der Waals surface area contributed by atoms with Crippen molar-refractivity contribution in [3.05, 3.63) is 24.2 Å². The van der Waals surface area contributed by atoms with Crippen molar-refractivity contribution >= 4 is 23.7 Å². The van der Waals surface area contributed by atoms with Gasteiger partial charge in [-0.05, 0) is 12.1 Å². The molecule has 0 radical (unpaired) electrons. The number of guanidine groups is 1. The summed E-state index contributed by atoms with van der Waals surface area (Å²) in [6.07, 6.45) is 1.47. The molecular formula is C18H28N6O4. The van der Waals surface area contributed by atoms with Gasteiger partial charge < -0.3 is 29.3 Å². The zero-order chi connectivity index (χ0) is 20.7. The minimum Gasteiger partial charge on any atom is -0.459 e. The summed E-state index contributed by atoms with van der Waals surface area (Å²) in [6, 6.07) is 3.32. The first kappa shape index (κ1) is 21.3. The van der Waals surface area contributed by atoms with Gasteiger partial charge in [-0.15, -0.1) is 0 Å². The van der Waals surface area contributed by atoms with Gasteiger partial charge in [-0.25, -0.2) is 4.99 Å². The molecule has 1 aromatic heterocycles. The number of likely N-dealkylation sites (N-methyl/N-ethyl adjacent to an activating group) is 2. The number of carbonyl (C=O) groups is 3. The highest BCUT2D eigenvalue weighted by Crippen LogP contribution is 2.09. The lowest BCUT2D eigenvalue weighted by Gasteiger charge is -2.36. The van der Waals surface area contributed by atoms with Crippen molar-refractivity contribution in [2.24, 2.45) is 4.99 Å². The first-order chi connectivity index (χ1) is 13.3. The van der Waals surface area contributed by atoms with Crippen LogP contribution >= 0.6 is 0 Å². The Labute approximate surface area is 164 Å². The van der Waals surface area contributed by atoms with E-state index in [1.54, 1.807) is 45.2 Å². The van der Waals surface area contributed by atoms with Crippen LogP contribution in [-0.2, 0) is 9.59 Å². The lowest BCUT2D eigenvalue weighted by Crippen LogP contribution is -2.54. The van der Waals surface area contributed by atoms with Gasteiger partial charge in [0.2, 0.25) is 11.8 Å². The van der Waals surface area contributed by atoms with Crippen molar-refractivity contribution in [1.82, 2.24) is 24.9 Å². The molecule has 1 aromatic rings. The second kappa shape index (κ2) is 9.77. The van der Waals surface area contributed by atoms with Crippen LogP contribution in [0.2, 0.25) is 0 Å². The summed E-state index contributed by atoms with van der Waals surface area (Å²) >= 11 is 0. The first-order valence-corrected chi connectivity index (χ1v) is 9.06. The fourth-order valence-electron chi connectivity index (χ4n) is 2.54. The number of aliphatic imine (C=N–C) groups is 1. The van der Waals surface area contributed by atoms with Gasteiger partial charge in [0, 0.05) is 54.4 Å². The Morgan fingerprint density at radius 2 is 1.64 bits per heavy atom. The molecule has 28 heavy (non-hydrogen) atoms. The molecule has 0 aromatic carbocycles. The Bertz CT molecular complexity index is 706. The van der Waals surface area contributed by atoms with Gasteiger partial charge >= 0.3 is 0 Å². The Balaban J connectivity index is 2.00. The van der Waals surface area contributed by atoms with Crippen LogP contribution in [-0.4, -0.2) is 111 Å². The number of nitrogens with zero attached hydrogens (tertiary/aromatic N) is 5. The summed E-state index contributed by atoms with van der Waals surface area (Å²) in [5.74, 6) is 0.411. The Kier molecular flexibility index (Phi) is 7.42. The predicted molar refractivity (Wildman–Crippen MR) is 104 cm³/mol. The van der Waals surface area contributed by atoms with E-state index in [1.807, 2.05) is 4.90 Å². The molecule has 0 saturated carbocycles. The smallest absolute Gasteiger partial charge is 0.289 e. The van der Waals surface area contributed by atoms with Gasteiger partial charge in [0.15, 0.2) is 11.7 Å². The molecule has 1 fully saturated rings. The van der Waals surface area contributed by atoms with Crippen molar-refractivity contribution in [2.45, 2.75) is 0 Å². The van der Waals surface area contributed by atoms with E-state index in [0.29, 0.717) is 37.9 Å². The van der Waals surface area contributed by atoms with E-state index in [4.69, 9.17) is 4.42 Å². The van der Waals surface area contributed by atoms with Crippen molar-refractivity contribution < 1.29 is 18.8 Å². The first-order valence-electron chi connectivity index (χ1n) is 9.06. The van der Waals surface area contributed by atoms with E-state index < -0.39 is 0 Å². The molecule has 10 heteroatoms. The molecule has 2 rings (SSSR count). The van der Waals surface area contributed by atoms with Crippen LogP contribution in [0, 0.1) is 0 Å². The molecule has 0 bridgehead atoms. The van der Waals surface area contributed by atoms with Gasteiger partial charge in [-0.2, -0.15) is 0 Å². The molecular weight excluding hydrogens is 364 g/mol. The third-order valence-corrected chi connectivity index (χ3v) is 4.36. The number of piperazine rings is 1. The van der Waals surface area contributed by atoms with E-state index in [9.17, 15) is 14.4 Å². The van der Waals surface area contributed by atoms with E-state index in [0.717, 1.165) is 0 Å². The molecule has 1 N–H and O–H groups in total. The van der Waals surface area contributed by atoms with Gasteiger partial charge in [0.05, 0.1) is 12.8 Å². The maximum Gasteiger partial charge on any atom is 0.289 e. The monoisotopic (exact) mass is 392 g/mol. The van der Waals surface area contributed by atoms with Crippen LogP contribution in [0.4, 0.5) is 0 Å². The summed E-state index contributed by atoms with van der Waals surface area (Å²) in [5, 5.41) is 3.03. The number of amides is 3. The quantitative estimate of drug-likeness (QED) is 0.518. The molecule has 154 valence electrons. The molecule has 10 nitrogen and oxygen atoms in total. The van der Waals surface area contributed by atoms with Crippen LogP contribution in [0.15, 0.2) is 27.8 Å². The molecule has 3 amide bonds. The molecule has 0 aliphatic carbocycles. The van der Waals surface area contributed by atoms with E-state index in [1.165, 1.54) is 16.1 Å². The van der Waals surface area contributed by atoms with E-state index in [-0.39, 0.29) is 30.8 Å². The SMILES string of the molecule is CN(C)C(=O)CN=C(NCC(=O)N(C)C)N1CCN(C(=O)c2ccco2)CC1. The molecule has 0 unspecified atom stereocenters. The summed E-state index contributed by atoms with van der Waals surface area (Å²) < 4.78 is 5.17. The van der Waals surface area contributed by atoms with Gasteiger partial charge in [-0.3, -0.25) is 14.4 Å². The van der Waals surface area contributed by atoms with E-state index >= 15 is 0 Å². The number of rotatable bonds is 5. The third-order valence-electron chi connectivity index (χ3n) is 4.36. The fourth-order valence-corrected chi connectivity index (χ4v) is 2.54. The summed E-state index contributed by atoms with van der Waals surface area (Å²) in [5.41, 5.74) is 0. The van der Waals surface area contributed by atoms with Crippen LogP contribution in [0.1, 0.15) is 10.6 Å². The molecule has 0 spiro atoms. The molecule has 2 heterocycles. The van der Waals surface area contributed by atoms with Crippen molar-refractivity contribution in [1.29, 1.82) is 0 Å². The van der Waals surface area contributed by atoms with E-state index in [2.05, 4.69) is 10.3 Å². The molecule has 1 aliphatic rings. The second-order valence-corrected chi connectivity index (χ2v) is 6.83. The van der Waals surface area contributed by atoms with Crippen LogP contribution in [0.5, 0.6) is 0 Å². The number of carbonyl (C=O) groups excluding carboxylic acids is 3. The Morgan fingerprint density at radius 1 is 1.04 bits per heavy atom. The highest BCUT2D eigenvalue weighted by Gasteiger charge is 2.25. The maximum absolute atomic E-state index is 12.4. The maximum atomic E-state index is 12.4. The average Bonchev–Trinajstić information content (AvgIpc) is 3.21.